The molecule has 1 aliphatic carbocycles. The van der Waals surface area contributed by atoms with E-state index in [1.165, 1.54) is 12.8 Å². The average Bonchev–Trinajstić information content (AvgIpc) is 1.61. The molecule has 0 saturated heterocycles. The Morgan fingerprint density at radius 2 is 1.56 bits per heavy atom. The lowest BCUT2D eigenvalue weighted by molar-refractivity contribution is 0.0527. The first kappa shape index (κ1) is 7.07. The SMILES string of the molecule is CNC1(C)CC(C)(C)C1. The van der Waals surface area contributed by atoms with Crippen LogP contribution in [0, 0.1) is 5.41 Å². The molecule has 1 N–H and O–H groups in total. The topological polar surface area (TPSA) is 12.0 Å². The van der Waals surface area contributed by atoms with Crippen LogP contribution in [0.25, 0.3) is 0 Å². The zero-order chi connectivity index (χ0) is 7.12. The van der Waals surface area contributed by atoms with Crippen molar-refractivity contribution < 1.29 is 0 Å². The van der Waals surface area contributed by atoms with E-state index in [1.807, 2.05) is 0 Å². The Balaban J connectivity index is 2.41. The van der Waals surface area contributed by atoms with Crippen LogP contribution in [0.5, 0.6) is 0 Å². The Bertz CT molecular complexity index is 108. The fourth-order valence-electron chi connectivity index (χ4n) is 2.24. The van der Waals surface area contributed by atoms with Gasteiger partial charge in [0.2, 0.25) is 0 Å². The molecule has 1 heteroatoms. The van der Waals surface area contributed by atoms with E-state index < -0.39 is 0 Å². The van der Waals surface area contributed by atoms with E-state index in [2.05, 4.69) is 33.1 Å². The number of hydrogen-bond acceptors (Lipinski definition) is 1. The van der Waals surface area contributed by atoms with Crippen LogP contribution in [-0.2, 0) is 0 Å². The summed E-state index contributed by atoms with van der Waals surface area (Å²) >= 11 is 0. The minimum atomic E-state index is 0.448. The highest BCUT2D eigenvalue weighted by molar-refractivity contribution is 5.01. The molecule has 0 aromatic heterocycles. The summed E-state index contributed by atoms with van der Waals surface area (Å²) in [7, 11) is 2.05. The third-order valence-electron chi connectivity index (χ3n) is 2.34. The van der Waals surface area contributed by atoms with Gasteiger partial charge in [-0.25, -0.2) is 0 Å². The molecule has 1 aliphatic rings. The highest BCUT2D eigenvalue weighted by Crippen LogP contribution is 2.46. The zero-order valence-electron chi connectivity index (χ0n) is 6.91. The van der Waals surface area contributed by atoms with E-state index in [4.69, 9.17) is 0 Å². The maximum atomic E-state index is 3.33. The minimum absolute atomic E-state index is 0.448. The van der Waals surface area contributed by atoms with Gasteiger partial charge in [-0.15, -0.1) is 0 Å². The standard InChI is InChI=1S/C8H17N/c1-7(2)5-8(3,6-7)9-4/h9H,5-6H2,1-4H3. The second kappa shape index (κ2) is 1.72. The van der Waals surface area contributed by atoms with Gasteiger partial charge in [0.25, 0.3) is 0 Å². The van der Waals surface area contributed by atoms with Gasteiger partial charge in [0.1, 0.15) is 0 Å². The summed E-state index contributed by atoms with van der Waals surface area (Å²) in [6.07, 6.45) is 2.63. The molecule has 0 aliphatic heterocycles. The summed E-state index contributed by atoms with van der Waals surface area (Å²) in [6, 6.07) is 0. The Labute approximate surface area is 57.8 Å². The first-order valence-corrected chi connectivity index (χ1v) is 3.66. The van der Waals surface area contributed by atoms with Crippen molar-refractivity contribution >= 4 is 0 Å². The molecule has 0 aromatic carbocycles. The van der Waals surface area contributed by atoms with Gasteiger partial charge in [-0.1, -0.05) is 13.8 Å². The van der Waals surface area contributed by atoms with Crippen LogP contribution in [0.1, 0.15) is 33.6 Å². The highest BCUT2D eigenvalue weighted by atomic mass is 15.0. The average molecular weight is 127 g/mol. The lowest BCUT2D eigenvalue weighted by Crippen LogP contribution is -2.55. The third kappa shape index (κ3) is 1.26. The molecule has 0 bridgehead atoms. The van der Waals surface area contributed by atoms with E-state index in [1.54, 1.807) is 0 Å². The van der Waals surface area contributed by atoms with Crippen LogP contribution in [0.4, 0.5) is 0 Å². The Hall–Kier alpha value is -0.0400. The summed E-state index contributed by atoms with van der Waals surface area (Å²) in [5, 5.41) is 3.33. The van der Waals surface area contributed by atoms with E-state index in [0.29, 0.717) is 11.0 Å². The van der Waals surface area contributed by atoms with Crippen LogP contribution in [-0.4, -0.2) is 12.6 Å². The van der Waals surface area contributed by atoms with Crippen molar-refractivity contribution in [3.8, 4) is 0 Å². The van der Waals surface area contributed by atoms with Crippen LogP contribution < -0.4 is 5.32 Å². The molecule has 0 heterocycles. The van der Waals surface area contributed by atoms with Gasteiger partial charge < -0.3 is 5.32 Å². The van der Waals surface area contributed by atoms with Crippen molar-refractivity contribution in [2.45, 2.75) is 39.2 Å². The van der Waals surface area contributed by atoms with Gasteiger partial charge in [0.15, 0.2) is 0 Å². The molecule has 1 saturated carbocycles. The monoisotopic (exact) mass is 127 g/mol. The largest absolute Gasteiger partial charge is 0.314 e. The molecule has 1 rings (SSSR count). The highest BCUT2D eigenvalue weighted by Gasteiger charge is 2.44. The zero-order valence-corrected chi connectivity index (χ0v) is 6.91. The minimum Gasteiger partial charge on any atom is -0.314 e. The smallest absolute Gasteiger partial charge is 0.0160 e. The summed E-state index contributed by atoms with van der Waals surface area (Å²) < 4.78 is 0. The van der Waals surface area contributed by atoms with E-state index in [-0.39, 0.29) is 0 Å². The fourth-order valence-corrected chi connectivity index (χ4v) is 2.24. The summed E-state index contributed by atoms with van der Waals surface area (Å²) in [5.74, 6) is 0. The Morgan fingerprint density at radius 1 is 1.11 bits per heavy atom. The summed E-state index contributed by atoms with van der Waals surface area (Å²) in [6.45, 7) is 6.94. The molecule has 0 atom stereocenters. The van der Waals surface area contributed by atoms with Crippen molar-refractivity contribution in [1.29, 1.82) is 0 Å². The van der Waals surface area contributed by atoms with Gasteiger partial charge in [-0.05, 0) is 32.2 Å². The second-order valence-corrected chi connectivity index (χ2v) is 4.33. The molecular weight excluding hydrogens is 110 g/mol. The lowest BCUT2D eigenvalue weighted by Gasteiger charge is -2.51. The van der Waals surface area contributed by atoms with Crippen LogP contribution in [0.15, 0.2) is 0 Å². The Kier molecular flexibility index (Phi) is 1.35. The van der Waals surface area contributed by atoms with Crippen molar-refractivity contribution in [2.75, 3.05) is 7.05 Å². The maximum Gasteiger partial charge on any atom is 0.0160 e. The molecule has 0 spiro atoms. The van der Waals surface area contributed by atoms with Crippen molar-refractivity contribution in [3.05, 3.63) is 0 Å². The third-order valence-corrected chi connectivity index (χ3v) is 2.34. The van der Waals surface area contributed by atoms with Gasteiger partial charge in [-0.3, -0.25) is 0 Å². The quantitative estimate of drug-likeness (QED) is 0.566. The van der Waals surface area contributed by atoms with Crippen molar-refractivity contribution in [2.24, 2.45) is 5.41 Å². The van der Waals surface area contributed by atoms with Crippen molar-refractivity contribution in [1.82, 2.24) is 5.32 Å². The van der Waals surface area contributed by atoms with E-state index in [9.17, 15) is 0 Å². The van der Waals surface area contributed by atoms with Gasteiger partial charge in [0, 0.05) is 5.54 Å². The van der Waals surface area contributed by atoms with Crippen LogP contribution in [0.3, 0.4) is 0 Å². The molecule has 1 fully saturated rings. The first-order chi connectivity index (χ1) is 3.97. The van der Waals surface area contributed by atoms with Crippen LogP contribution in [0.2, 0.25) is 0 Å². The fraction of sp³-hybridized carbons (Fsp3) is 1.00. The number of rotatable bonds is 1. The molecule has 9 heavy (non-hydrogen) atoms. The normalized spacial score (nSPS) is 29.3. The lowest BCUT2D eigenvalue weighted by atomic mass is 9.60. The van der Waals surface area contributed by atoms with E-state index >= 15 is 0 Å². The number of nitrogens with one attached hydrogen (secondary N) is 1. The summed E-state index contributed by atoms with van der Waals surface area (Å²) in [5.41, 5.74) is 1.04. The number of hydrogen-bond donors (Lipinski definition) is 1. The van der Waals surface area contributed by atoms with Gasteiger partial charge in [-0.2, -0.15) is 0 Å². The maximum absolute atomic E-state index is 3.33. The molecule has 0 radical (unpaired) electrons. The van der Waals surface area contributed by atoms with Crippen LogP contribution >= 0.6 is 0 Å². The molecule has 0 unspecified atom stereocenters. The molecule has 1 nitrogen and oxygen atoms in total. The predicted octanol–water partition coefficient (Wildman–Crippen LogP) is 1.78. The summed E-state index contributed by atoms with van der Waals surface area (Å²) in [4.78, 5) is 0. The van der Waals surface area contributed by atoms with Crippen molar-refractivity contribution in [3.63, 3.8) is 0 Å². The molecule has 54 valence electrons. The second-order valence-electron chi connectivity index (χ2n) is 4.33. The van der Waals surface area contributed by atoms with Gasteiger partial charge >= 0.3 is 0 Å². The predicted molar refractivity (Wildman–Crippen MR) is 40.5 cm³/mol. The van der Waals surface area contributed by atoms with Gasteiger partial charge in [0.05, 0.1) is 0 Å². The van der Waals surface area contributed by atoms with E-state index in [0.717, 1.165) is 0 Å². The Morgan fingerprint density at radius 3 is 1.67 bits per heavy atom. The molecule has 0 amide bonds. The molecule has 0 aromatic rings. The first-order valence-electron chi connectivity index (χ1n) is 3.66. The molecular formula is C8H17N.